The summed E-state index contributed by atoms with van der Waals surface area (Å²) in [6, 6.07) is 11.4. The number of carbonyl (C=O) groups is 3. The molecule has 1 N–H and O–H groups in total. The molecule has 0 spiro atoms. The normalized spacial score (nSPS) is 18.3. The van der Waals surface area contributed by atoms with Crippen LogP contribution < -0.4 is 0 Å². The summed E-state index contributed by atoms with van der Waals surface area (Å²) in [4.78, 5) is 40.8. The van der Waals surface area contributed by atoms with Gasteiger partial charge in [0, 0.05) is 6.54 Å². The van der Waals surface area contributed by atoms with E-state index in [1.165, 1.54) is 4.90 Å². The second-order valence-corrected chi connectivity index (χ2v) is 8.43. The van der Waals surface area contributed by atoms with Gasteiger partial charge in [0.1, 0.15) is 12.1 Å². The fourth-order valence-electron chi connectivity index (χ4n) is 4.10. The van der Waals surface area contributed by atoms with Gasteiger partial charge in [-0.1, -0.05) is 70.2 Å². The molecule has 1 fully saturated rings. The van der Waals surface area contributed by atoms with Crippen molar-refractivity contribution < 1.29 is 19.5 Å². The van der Waals surface area contributed by atoms with Gasteiger partial charge >= 0.3 is 12.0 Å². The van der Waals surface area contributed by atoms with Gasteiger partial charge in [-0.05, 0) is 34.6 Å². The number of amides is 3. The molecule has 0 saturated carbocycles. The minimum absolute atomic E-state index is 0.0429. The second kappa shape index (κ2) is 8.23. The van der Waals surface area contributed by atoms with Crippen molar-refractivity contribution in [2.24, 2.45) is 11.8 Å². The highest BCUT2D eigenvalue weighted by Crippen LogP contribution is 2.30. The maximum atomic E-state index is 13.3. The van der Waals surface area contributed by atoms with Crippen LogP contribution in [0.25, 0.3) is 10.8 Å². The third kappa shape index (κ3) is 3.97. The number of carbonyl (C=O) groups excluding carboxylic acids is 2. The highest BCUT2D eigenvalue weighted by molar-refractivity contribution is 6.07. The van der Waals surface area contributed by atoms with Crippen LogP contribution in [0.3, 0.4) is 0 Å². The molecular formula is C23H28N2O4. The van der Waals surface area contributed by atoms with Crippen molar-refractivity contribution >= 4 is 28.7 Å². The van der Waals surface area contributed by atoms with Crippen molar-refractivity contribution in [3.05, 3.63) is 48.0 Å². The van der Waals surface area contributed by atoms with Crippen molar-refractivity contribution in [2.75, 3.05) is 0 Å². The zero-order valence-electron chi connectivity index (χ0n) is 17.3. The molecule has 1 aliphatic rings. The minimum Gasteiger partial charge on any atom is -0.480 e. The Kier molecular flexibility index (Phi) is 5.91. The summed E-state index contributed by atoms with van der Waals surface area (Å²) < 4.78 is 0. The molecule has 6 heteroatoms. The van der Waals surface area contributed by atoms with E-state index in [4.69, 9.17) is 0 Å². The van der Waals surface area contributed by atoms with E-state index in [1.807, 2.05) is 70.2 Å². The first kappa shape index (κ1) is 20.8. The van der Waals surface area contributed by atoms with Gasteiger partial charge in [-0.25, -0.2) is 14.5 Å². The number of benzene rings is 2. The number of carboxylic acid groups (broad SMARTS) is 1. The number of imide groups is 1. The van der Waals surface area contributed by atoms with Crippen molar-refractivity contribution in [3.8, 4) is 0 Å². The van der Waals surface area contributed by atoms with Gasteiger partial charge in [-0.3, -0.25) is 4.79 Å². The average Bonchev–Trinajstić information content (AvgIpc) is 2.90. The van der Waals surface area contributed by atoms with Crippen LogP contribution in [0.5, 0.6) is 0 Å². The quantitative estimate of drug-likeness (QED) is 0.714. The fourth-order valence-corrected chi connectivity index (χ4v) is 4.10. The molecule has 2 aromatic carbocycles. The number of urea groups is 1. The lowest BCUT2D eigenvalue weighted by molar-refractivity contribution is -0.147. The average molecular weight is 396 g/mol. The van der Waals surface area contributed by atoms with Crippen LogP contribution >= 0.6 is 0 Å². The molecule has 1 aliphatic heterocycles. The molecule has 3 amide bonds. The van der Waals surface area contributed by atoms with E-state index in [1.54, 1.807) is 0 Å². The Morgan fingerprint density at radius 1 is 1.03 bits per heavy atom. The first-order chi connectivity index (χ1) is 13.7. The van der Waals surface area contributed by atoms with Gasteiger partial charge < -0.3 is 10.0 Å². The molecule has 2 unspecified atom stereocenters. The van der Waals surface area contributed by atoms with E-state index in [0.717, 1.165) is 21.2 Å². The number of fused-ring (bicyclic) bond motifs is 1. The Hall–Kier alpha value is -2.89. The van der Waals surface area contributed by atoms with Crippen molar-refractivity contribution in [2.45, 2.75) is 52.7 Å². The largest absolute Gasteiger partial charge is 0.480 e. The van der Waals surface area contributed by atoms with Crippen LogP contribution in [-0.2, 0) is 16.1 Å². The molecule has 1 saturated heterocycles. The molecule has 6 nitrogen and oxygen atoms in total. The van der Waals surface area contributed by atoms with Gasteiger partial charge in [0.05, 0.1) is 0 Å². The number of hydrogen-bond acceptors (Lipinski definition) is 3. The number of hydrogen-bond donors (Lipinski definition) is 1. The highest BCUT2D eigenvalue weighted by Gasteiger charge is 2.50. The van der Waals surface area contributed by atoms with E-state index >= 15 is 0 Å². The lowest BCUT2D eigenvalue weighted by Gasteiger charge is -2.25. The molecule has 0 aromatic heterocycles. The summed E-state index contributed by atoms with van der Waals surface area (Å²) in [6.45, 7) is 7.80. The van der Waals surface area contributed by atoms with Gasteiger partial charge in [0.2, 0.25) is 0 Å². The van der Waals surface area contributed by atoms with Crippen LogP contribution in [0.1, 0.15) is 39.7 Å². The molecule has 3 rings (SSSR count). The number of aliphatic carboxylic acids is 1. The lowest BCUT2D eigenvalue weighted by atomic mass is 9.99. The summed E-state index contributed by atoms with van der Waals surface area (Å²) in [7, 11) is 0. The Morgan fingerprint density at radius 2 is 1.69 bits per heavy atom. The summed E-state index contributed by atoms with van der Waals surface area (Å²) in [6.07, 6.45) is 0.236. The summed E-state index contributed by atoms with van der Waals surface area (Å²) in [5.41, 5.74) is 0.937. The molecule has 2 atom stereocenters. The zero-order valence-corrected chi connectivity index (χ0v) is 17.3. The molecule has 0 radical (unpaired) electrons. The van der Waals surface area contributed by atoms with Crippen molar-refractivity contribution in [3.63, 3.8) is 0 Å². The van der Waals surface area contributed by atoms with Gasteiger partial charge in [0.25, 0.3) is 5.91 Å². The molecule has 0 aliphatic carbocycles. The van der Waals surface area contributed by atoms with Crippen LogP contribution in [-0.4, -0.2) is 44.9 Å². The number of carboxylic acids is 1. The monoisotopic (exact) mass is 396 g/mol. The Balaban J connectivity index is 1.99. The first-order valence-electron chi connectivity index (χ1n) is 10.1. The molecule has 2 aromatic rings. The van der Waals surface area contributed by atoms with Gasteiger partial charge in [0.15, 0.2) is 0 Å². The maximum absolute atomic E-state index is 13.3. The van der Waals surface area contributed by atoms with E-state index in [2.05, 4.69) is 0 Å². The van der Waals surface area contributed by atoms with Crippen LogP contribution in [0.2, 0.25) is 0 Å². The SMILES string of the molecule is CC(C)CC(C(=O)O)N1C(=O)C(C(C)C)N(Cc2cccc3ccccc23)C1=O. The highest BCUT2D eigenvalue weighted by atomic mass is 16.4. The molecular weight excluding hydrogens is 368 g/mol. The predicted octanol–water partition coefficient (Wildman–Crippen LogP) is 4.13. The Bertz CT molecular complexity index is 932. The van der Waals surface area contributed by atoms with E-state index in [-0.39, 0.29) is 24.8 Å². The molecule has 154 valence electrons. The Morgan fingerprint density at radius 3 is 2.31 bits per heavy atom. The zero-order chi connectivity index (χ0) is 21.3. The molecule has 1 heterocycles. The van der Waals surface area contributed by atoms with E-state index in [9.17, 15) is 19.5 Å². The smallest absolute Gasteiger partial charge is 0.328 e. The third-order valence-electron chi connectivity index (χ3n) is 5.42. The summed E-state index contributed by atoms with van der Waals surface area (Å²) in [5.74, 6) is -1.64. The topological polar surface area (TPSA) is 77.9 Å². The molecule has 0 bridgehead atoms. The van der Waals surface area contributed by atoms with Gasteiger partial charge in [-0.2, -0.15) is 0 Å². The van der Waals surface area contributed by atoms with E-state index in [0.29, 0.717) is 0 Å². The van der Waals surface area contributed by atoms with Gasteiger partial charge in [-0.15, -0.1) is 0 Å². The molecule has 29 heavy (non-hydrogen) atoms. The summed E-state index contributed by atoms with van der Waals surface area (Å²) in [5, 5.41) is 11.8. The summed E-state index contributed by atoms with van der Waals surface area (Å²) >= 11 is 0. The van der Waals surface area contributed by atoms with Crippen LogP contribution in [0.15, 0.2) is 42.5 Å². The van der Waals surface area contributed by atoms with Crippen LogP contribution in [0.4, 0.5) is 4.79 Å². The van der Waals surface area contributed by atoms with E-state index < -0.39 is 30.0 Å². The third-order valence-corrected chi connectivity index (χ3v) is 5.42. The van der Waals surface area contributed by atoms with Crippen LogP contribution in [0, 0.1) is 11.8 Å². The Labute approximate surface area is 171 Å². The number of rotatable bonds is 7. The minimum atomic E-state index is -1.14. The van der Waals surface area contributed by atoms with Crippen molar-refractivity contribution in [1.29, 1.82) is 0 Å². The standard InChI is InChI=1S/C23H28N2O4/c1-14(2)12-19(22(27)28)25-21(26)20(15(3)4)24(23(25)29)13-17-10-7-9-16-8-5-6-11-18(16)17/h5-11,14-15,19-20H,12-13H2,1-4H3,(H,27,28). The number of nitrogens with zero attached hydrogens (tertiary/aromatic N) is 2. The fraction of sp³-hybridized carbons (Fsp3) is 0.435. The van der Waals surface area contributed by atoms with Crippen molar-refractivity contribution in [1.82, 2.24) is 9.80 Å². The second-order valence-electron chi connectivity index (χ2n) is 8.43. The lowest BCUT2D eigenvalue weighted by Crippen LogP contribution is -2.46. The first-order valence-corrected chi connectivity index (χ1v) is 10.1. The predicted molar refractivity (Wildman–Crippen MR) is 111 cm³/mol. The maximum Gasteiger partial charge on any atom is 0.328 e.